The summed E-state index contributed by atoms with van der Waals surface area (Å²) in [5.74, 6) is -1.45. The van der Waals surface area contributed by atoms with Gasteiger partial charge in [0.2, 0.25) is 11.8 Å². The van der Waals surface area contributed by atoms with Crippen LogP contribution < -0.4 is 10.2 Å². The average molecular weight is 448 g/mol. The molecule has 2 aliphatic rings. The molecule has 0 bridgehead atoms. The summed E-state index contributed by atoms with van der Waals surface area (Å²) in [6.45, 7) is 0. The highest BCUT2D eigenvalue weighted by Crippen LogP contribution is 2.53. The number of aromatic nitrogens is 2. The Labute approximate surface area is 185 Å². The Morgan fingerprint density at radius 2 is 1.68 bits per heavy atom. The summed E-state index contributed by atoms with van der Waals surface area (Å²) in [5, 5.41) is 3.75. The summed E-state index contributed by atoms with van der Waals surface area (Å²) in [4.78, 5) is 39.4. The van der Waals surface area contributed by atoms with E-state index in [2.05, 4.69) is 5.32 Å². The van der Waals surface area contributed by atoms with E-state index in [-0.39, 0.29) is 22.6 Å². The third kappa shape index (κ3) is 2.61. The Balaban J connectivity index is 1.65. The van der Waals surface area contributed by atoms with Crippen molar-refractivity contribution in [1.82, 2.24) is 14.5 Å². The largest absolute Gasteiger partial charge is 0.350 e. The molecular weight excluding hydrogens is 430 g/mol. The second kappa shape index (κ2) is 6.70. The van der Waals surface area contributed by atoms with Crippen LogP contribution in [-0.2, 0) is 16.6 Å². The minimum Gasteiger partial charge on any atom is -0.350 e. The monoisotopic (exact) mass is 447 g/mol. The lowest BCUT2D eigenvalue weighted by Crippen LogP contribution is -2.31. The van der Waals surface area contributed by atoms with E-state index in [1.54, 1.807) is 4.57 Å². The number of para-hydroxylation sites is 2. The van der Waals surface area contributed by atoms with E-state index in [1.807, 2.05) is 72.4 Å². The standard InChI is InChI=1S/C23H17N3O3S2/c1-25-11-14(13-9-5-6-10-15(13)25)16-17-18(21(28)24-20(17)27)30-22-19(16)31-23(29)26(22)12-7-3-2-4-8-12/h2-11,16-18H,1H3,(H,24,27,28)/t16-,17-,18-/m1/s1. The van der Waals surface area contributed by atoms with E-state index in [1.165, 1.54) is 23.1 Å². The van der Waals surface area contributed by atoms with Crippen molar-refractivity contribution in [3.8, 4) is 5.69 Å². The smallest absolute Gasteiger partial charge is 0.312 e. The molecule has 3 atom stereocenters. The first kappa shape index (κ1) is 18.7. The number of hydrogen-bond acceptors (Lipinski definition) is 5. The second-order valence-corrected chi connectivity index (χ2v) is 9.94. The molecule has 2 aliphatic heterocycles. The van der Waals surface area contributed by atoms with Crippen LogP contribution >= 0.6 is 23.1 Å². The van der Waals surface area contributed by atoms with Crippen molar-refractivity contribution in [3.63, 3.8) is 0 Å². The van der Waals surface area contributed by atoms with Gasteiger partial charge in [-0.3, -0.25) is 24.3 Å². The molecule has 1 saturated heterocycles. The molecule has 154 valence electrons. The maximum atomic E-state index is 13.1. The first-order chi connectivity index (χ1) is 15.0. The first-order valence-electron chi connectivity index (χ1n) is 9.91. The van der Waals surface area contributed by atoms with Crippen LogP contribution in [0.3, 0.4) is 0 Å². The molecular formula is C23H17N3O3S2. The molecule has 0 unspecified atom stereocenters. The van der Waals surface area contributed by atoms with Gasteiger partial charge in [0.25, 0.3) is 0 Å². The molecule has 0 saturated carbocycles. The number of carbonyl (C=O) groups is 2. The fourth-order valence-electron chi connectivity index (χ4n) is 4.75. The molecule has 1 N–H and O–H groups in total. The molecule has 2 amide bonds. The summed E-state index contributed by atoms with van der Waals surface area (Å²) in [6.07, 6.45) is 2.03. The van der Waals surface area contributed by atoms with Crippen LogP contribution in [0.2, 0.25) is 0 Å². The first-order valence-corrected chi connectivity index (χ1v) is 11.6. The lowest BCUT2D eigenvalue weighted by molar-refractivity contribution is -0.125. The Morgan fingerprint density at radius 3 is 2.48 bits per heavy atom. The van der Waals surface area contributed by atoms with Crippen molar-refractivity contribution in [2.24, 2.45) is 13.0 Å². The maximum Gasteiger partial charge on any atom is 0.312 e. The van der Waals surface area contributed by atoms with Crippen molar-refractivity contribution in [3.05, 3.63) is 80.9 Å². The number of aryl methyl sites for hydroxylation is 1. The normalized spacial score (nSPS) is 22.4. The van der Waals surface area contributed by atoms with Gasteiger partial charge >= 0.3 is 4.87 Å². The van der Waals surface area contributed by atoms with E-state index in [4.69, 9.17) is 0 Å². The van der Waals surface area contributed by atoms with Gasteiger partial charge < -0.3 is 4.57 Å². The molecule has 0 aliphatic carbocycles. The number of thioether (sulfide) groups is 1. The fraction of sp³-hybridized carbons (Fsp3) is 0.174. The number of amides is 2. The molecule has 6 nitrogen and oxygen atoms in total. The lowest BCUT2D eigenvalue weighted by Gasteiger charge is -2.30. The topological polar surface area (TPSA) is 73.1 Å². The Kier molecular flexibility index (Phi) is 4.03. The Bertz CT molecular complexity index is 1430. The highest BCUT2D eigenvalue weighted by atomic mass is 32.2. The van der Waals surface area contributed by atoms with Crippen LogP contribution in [0.1, 0.15) is 16.4 Å². The van der Waals surface area contributed by atoms with Crippen LogP contribution in [0, 0.1) is 5.92 Å². The van der Waals surface area contributed by atoms with Gasteiger partial charge in [0.15, 0.2) is 0 Å². The van der Waals surface area contributed by atoms with Gasteiger partial charge in [-0.15, -0.1) is 0 Å². The third-order valence-corrected chi connectivity index (χ3v) is 8.63. The predicted molar refractivity (Wildman–Crippen MR) is 121 cm³/mol. The number of hydrogen-bond donors (Lipinski definition) is 1. The van der Waals surface area contributed by atoms with Gasteiger partial charge in [-0.25, -0.2) is 0 Å². The van der Waals surface area contributed by atoms with Gasteiger partial charge in [0.05, 0.1) is 16.6 Å². The molecule has 1 fully saturated rings. The van der Waals surface area contributed by atoms with Gasteiger partial charge in [-0.1, -0.05) is 59.5 Å². The van der Waals surface area contributed by atoms with Crippen molar-refractivity contribution >= 4 is 45.8 Å². The summed E-state index contributed by atoms with van der Waals surface area (Å²) >= 11 is 2.50. The summed E-state index contributed by atoms with van der Waals surface area (Å²) in [6, 6.07) is 17.5. The van der Waals surface area contributed by atoms with Gasteiger partial charge in [-0.2, -0.15) is 0 Å². The van der Waals surface area contributed by atoms with Crippen LogP contribution in [0.15, 0.2) is 70.6 Å². The number of nitrogens with zero attached hydrogens (tertiary/aromatic N) is 2. The molecule has 4 aromatic rings. The van der Waals surface area contributed by atoms with Crippen LogP contribution in [0.4, 0.5) is 0 Å². The number of imide groups is 1. The lowest BCUT2D eigenvalue weighted by atomic mass is 9.83. The van der Waals surface area contributed by atoms with Gasteiger partial charge in [-0.05, 0) is 23.8 Å². The van der Waals surface area contributed by atoms with Crippen molar-refractivity contribution in [2.75, 3.05) is 0 Å². The summed E-state index contributed by atoms with van der Waals surface area (Å²) in [5.41, 5.74) is 2.78. The molecule has 6 rings (SSSR count). The van der Waals surface area contributed by atoms with E-state index in [0.717, 1.165) is 32.1 Å². The number of thiazole rings is 1. The third-order valence-electron chi connectivity index (χ3n) is 6.08. The molecule has 8 heteroatoms. The SMILES string of the molecule is Cn1cc([C@H]2c3sc(=O)n(-c4ccccc4)c3S[C@H]3C(=O)NC(=O)[C@H]23)c2ccccc21. The minimum atomic E-state index is -0.562. The van der Waals surface area contributed by atoms with Crippen LogP contribution in [0.5, 0.6) is 0 Å². The molecule has 0 spiro atoms. The number of benzene rings is 2. The highest BCUT2D eigenvalue weighted by Gasteiger charge is 2.53. The van der Waals surface area contributed by atoms with Gasteiger partial charge in [0, 0.05) is 34.9 Å². The summed E-state index contributed by atoms with van der Waals surface area (Å²) < 4.78 is 3.71. The zero-order chi connectivity index (χ0) is 21.3. The zero-order valence-corrected chi connectivity index (χ0v) is 18.1. The van der Waals surface area contributed by atoms with E-state index in [0.29, 0.717) is 0 Å². The van der Waals surface area contributed by atoms with Gasteiger partial charge in [0.1, 0.15) is 5.25 Å². The zero-order valence-electron chi connectivity index (χ0n) is 16.4. The van der Waals surface area contributed by atoms with Crippen molar-refractivity contribution < 1.29 is 9.59 Å². The van der Waals surface area contributed by atoms with E-state index < -0.39 is 11.2 Å². The molecule has 4 heterocycles. The maximum absolute atomic E-state index is 13.1. The predicted octanol–water partition coefficient (Wildman–Crippen LogP) is 3.27. The number of carbonyl (C=O) groups excluding carboxylic acids is 2. The Hall–Kier alpha value is -3.10. The number of rotatable bonds is 2. The number of fused-ring (bicyclic) bond motifs is 3. The van der Waals surface area contributed by atoms with Crippen LogP contribution in [-0.4, -0.2) is 26.2 Å². The van der Waals surface area contributed by atoms with E-state index >= 15 is 0 Å². The molecule has 0 radical (unpaired) electrons. The summed E-state index contributed by atoms with van der Waals surface area (Å²) in [7, 11) is 1.97. The van der Waals surface area contributed by atoms with Crippen molar-refractivity contribution in [1.29, 1.82) is 0 Å². The average Bonchev–Trinajstić information content (AvgIpc) is 3.38. The van der Waals surface area contributed by atoms with Crippen LogP contribution in [0.25, 0.3) is 16.6 Å². The minimum absolute atomic E-state index is 0.109. The number of nitrogens with one attached hydrogen (secondary N) is 1. The molecule has 31 heavy (non-hydrogen) atoms. The van der Waals surface area contributed by atoms with E-state index in [9.17, 15) is 14.4 Å². The molecule has 2 aromatic heterocycles. The second-order valence-electron chi connectivity index (χ2n) is 7.82. The van der Waals surface area contributed by atoms with Crippen molar-refractivity contribution in [2.45, 2.75) is 16.2 Å². The fourth-order valence-corrected chi connectivity index (χ4v) is 7.50. The Morgan fingerprint density at radius 1 is 0.935 bits per heavy atom. The quantitative estimate of drug-likeness (QED) is 0.479. The highest BCUT2D eigenvalue weighted by molar-refractivity contribution is 8.00. The molecule has 2 aromatic carbocycles.